The van der Waals surface area contributed by atoms with Crippen molar-refractivity contribution in [3.8, 4) is 11.5 Å². The van der Waals surface area contributed by atoms with Gasteiger partial charge in [0.15, 0.2) is 0 Å². The van der Waals surface area contributed by atoms with Crippen molar-refractivity contribution in [1.82, 2.24) is 0 Å². The lowest BCUT2D eigenvalue weighted by Gasteiger charge is -2.30. The van der Waals surface area contributed by atoms with Gasteiger partial charge in [0.25, 0.3) is 0 Å². The first kappa shape index (κ1) is 17.1. The second kappa shape index (κ2) is 6.99. The van der Waals surface area contributed by atoms with E-state index in [1.165, 1.54) is 0 Å². The van der Waals surface area contributed by atoms with Crippen LogP contribution in [0.15, 0.2) is 72.8 Å². The van der Waals surface area contributed by atoms with Crippen LogP contribution in [0.25, 0.3) is 0 Å². The van der Waals surface area contributed by atoms with Crippen LogP contribution in [0.2, 0.25) is 0 Å². The minimum atomic E-state index is -1.26. The molecule has 3 rings (SSSR count). The predicted molar refractivity (Wildman–Crippen MR) is 99.3 cm³/mol. The highest BCUT2D eigenvalue weighted by Gasteiger charge is 2.33. The van der Waals surface area contributed by atoms with E-state index in [-0.39, 0.29) is 0 Å². The third-order valence-electron chi connectivity index (χ3n) is 4.48. The van der Waals surface area contributed by atoms with Crippen LogP contribution in [0.5, 0.6) is 11.5 Å². The number of aryl methyl sites for hydroxylation is 1. The number of rotatable bonds is 5. The van der Waals surface area contributed by atoms with E-state index in [2.05, 4.69) is 0 Å². The molecule has 1 N–H and O–H groups in total. The molecule has 0 bridgehead atoms. The quantitative estimate of drug-likeness (QED) is 0.707. The van der Waals surface area contributed by atoms with E-state index in [4.69, 9.17) is 9.47 Å². The van der Waals surface area contributed by atoms with Gasteiger partial charge < -0.3 is 14.6 Å². The van der Waals surface area contributed by atoms with E-state index in [0.29, 0.717) is 0 Å². The van der Waals surface area contributed by atoms with Crippen LogP contribution >= 0.6 is 0 Å². The van der Waals surface area contributed by atoms with E-state index in [0.717, 1.165) is 33.8 Å². The largest absolute Gasteiger partial charge is 0.497 e. The Bertz CT molecular complexity index is 771. The molecule has 3 aromatic rings. The zero-order valence-corrected chi connectivity index (χ0v) is 14.7. The number of aliphatic hydroxyl groups is 1. The first-order chi connectivity index (χ1) is 12.1. The third kappa shape index (κ3) is 3.24. The van der Waals surface area contributed by atoms with Crippen LogP contribution in [-0.2, 0) is 5.60 Å². The van der Waals surface area contributed by atoms with Crippen LogP contribution in [0.1, 0.15) is 22.3 Å². The SMILES string of the molecule is COc1ccc(C(O)(c2ccc(C)cc2)c2ccc(OC)cc2)cc1. The molecular weight excluding hydrogens is 312 g/mol. The summed E-state index contributed by atoms with van der Waals surface area (Å²) >= 11 is 0. The average Bonchev–Trinajstić information content (AvgIpc) is 2.68. The van der Waals surface area contributed by atoms with Crippen LogP contribution in [-0.4, -0.2) is 19.3 Å². The minimum absolute atomic E-state index is 0.754. The number of methoxy groups -OCH3 is 2. The van der Waals surface area contributed by atoms with E-state index in [1.807, 2.05) is 79.7 Å². The lowest BCUT2D eigenvalue weighted by Crippen LogP contribution is -2.28. The highest BCUT2D eigenvalue weighted by Crippen LogP contribution is 2.38. The van der Waals surface area contributed by atoms with Gasteiger partial charge >= 0.3 is 0 Å². The van der Waals surface area contributed by atoms with Crippen molar-refractivity contribution < 1.29 is 14.6 Å². The fraction of sp³-hybridized carbons (Fsp3) is 0.182. The van der Waals surface area contributed by atoms with Crippen molar-refractivity contribution in [2.75, 3.05) is 14.2 Å². The summed E-state index contributed by atoms with van der Waals surface area (Å²) in [7, 11) is 3.26. The van der Waals surface area contributed by atoms with Crippen molar-refractivity contribution >= 4 is 0 Å². The third-order valence-corrected chi connectivity index (χ3v) is 4.48. The Kier molecular flexibility index (Phi) is 4.77. The molecule has 0 fully saturated rings. The van der Waals surface area contributed by atoms with Crippen molar-refractivity contribution in [3.63, 3.8) is 0 Å². The number of hydrogen-bond acceptors (Lipinski definition) is 3. The van der Waals surface area contributed by atoms with Gasteiger partial charge in [-0.15, -0.1) is 0 Å². The normalized spacial score (nSPS) is 11.2. The van der Waals surface area contributed by atoms with Gasteiger partial charge in [-0.1, -0.05) is 54.1 Å². The molecule has 0 aliphatic carbocycles. The van der Waals surface area contributed by atoms with Gasteiger partial charge in [0.1, 0.15) is 17.1 Å². The predicted octanol–water partition coefficient (Wildman–Crippen LogP) is 4.30. The molecule has 0 unspecified atom stereocenters. The molecule has 128 valence electrons. The molecule has 0 saturated heterocycles. The van der Waals surface area contributed by atoms with Crippen molar-refractivity contribution in [2.45, 2.75) is 12.5 Å². The summed E-state index contributed by atoms with van der Waals surface area (Å²) in [6, 6.07) is 22.9. The van der Waals surface area contributed by atoms with Crippen molar-refractivity contribution in [2.24, 2.45) is 0 Å². The molecule has 0 atom stereocenters. The molecule has 0 aliphatic heterocycles. The molecule has 25 heavy (non-hydrogen) atoms. The number of hydrogen-bond donors (Lipinski definition) is 1. The Morgan fingerprint density at radius 1 is 0.600 bits per heavy atom. The molecular formula is C22H22O3. The molecule has 3 heteroatoms. The van der Waals surface area contributed by atoms with Crippen LogP contribution in [0.4, 0.5) is 0 Å². The van der Waals surface area contributed by atoms with Crippen LogP contribution in [0.3, 0.4) is 0 Å². The molecule has 3 nitrogen and oxygen atoms in total. The van der Waals surface area contributed by atoms with Crippen molar-refractivity contribution in [1.29, 1.82) is 0 Å². The van der Waals surface area contributed by atoms with Crippen molar-refractivity contribution in [3.05, 3.63) is 95.1 Å². The van der Waals surface area contributed by atoms with Gasteiger partial charge in [-0.25, -0.2) is 0 Å². The molecule has 0 spiro atoms. The van der Waals surface area contributed by atoms with Gasteiger partial charge in [-0.05, 0) is 47.9 Å². The summed E-state index contributed by atoms with van der Waals surface area (Å²) in [4.78, 5) is 0. The Balaban J connectivity index is 2.16. The van der Waals surface area contributed by atoms with Crippen LogP contribution in [0, 0.1) is 6.92 Å². The van der Waals surface area contributed by atoms with Gasteiger partial charge in [-0.2, -0.15) is 0 Å². The fourth-order valence-corrected chi connectivity index (χ4v) is 2.96. The average molecular weight is 334 g/mol. The first-order valence-corrected chi connectivity index (χ1v) is 8.16. The van der Waals surface area contributed by atoms with Gasteiger partial charge in [0.2, 0.25) is 0 Å². The molecule has 0 radical (unpaired) electrons. The second-order valence-electron chi connectivity index (χ2n) is 6.03. The highest BCUT2D eigenvalue weighted by molar-refractivity contribution is 5.49. The van der Waals surface area contributed by atoms with E-state index in [9.17, 15) is 5.11 Å². The standard InChI is InChI=1S/C22H22O3/c1-16-4-6-17(7-5-16)22(23,18-8-12-20(24-2)13-9-18)19-10-14-21(25-3)15-11-19/h4-15,23H,1-3H3. The summed E-state index contributed by atoms with van der Waals surface area (Å²) in [5.41, 5.74) is 2.26. The van der Waals surface area contributed by atoms with Gasteiger partial charge in [-0.3, -0.25) is 0 Å². The zero-order chi connectivity index (χ0) is 17.9. The Morgan fingerprint density at radius 3 is 1.24 bits per heavy atom. The fourth-order valence-electron chi connectivity index (χ4n) is 2.96. The summed E-state index contributed by atoms with van der Waals surface area (Å²) < 4.78 is 10.5. The maximum absolute atomic E-state index is 11.8. The monoisotopic (exact) mass is 334 g/mol. The Hall–Kier alpha value is -2.78. The lowest BCUT2D eigenvalue weighted by atomic mass is 9.80. The minimum Gasteiger partial charge on any atom is -0.497 e. The molecule has 3 aromatic carbocycles. The topological polar surface area (TPSA) is 38.7 Å². The molecule has 0 saturated carbocycles. The molecule has 0 amide bonds. The van der Waals surface area contributed by atoms with E-state index < -0.39 is 5.60 Å². The molecule has 0 heterocycles. The maximum Gasteiger partial charge on any atom is 0.140 e. The lowest BCUT2D eigenvalue weighted by molar-refractivity contribution is 0.125. The zero-order valence-electron chi connectivity index (χ0n) is 14.7. The second-order valence-corrected chi connectivity index (χ2v) is 6.03. The summed E-state index contributed by atoms with van der Waals surface area (Å²) in [5.74, 6) is 1.51. The number of benzene rings is 3. The summed E-state index contributed by atoms with van der Waals surface area (Å²) in [6.45, 7) is 2.03. The molecule has 0 aliphatic rings. The maximum atomic E-state index is 11.8. The van der Waals surface area contributed by atoms with E-state index in [1.54, 1.807) is 14.2 Å². The number of ether oxygens (including phenoxy) is 2. The summed E-state index contributed by atoms with van der Waals surface area (Å²) in [6.07, 6.45) is 0. The highest BCUT2D eigenvalue weighted by atomic mass is 16.5. The smallest absolute Gasteiger partial charge is 0.140 e. The Morgan fingerprint density at radius 2 is 0.920 bits per heavy atom. The van der Waals surface area contributed by atoms with Crippen LogP contribution < -0.4 is 9.47 Å². The van der Waals surface area contributed by atoms with Gasteiger partial charge in [0, 0.05) is 0 Å². The van der Waals surface area contributed by atoms with Gasteiger partial charge in [0.05, 0.1) is 14.2 Å². The van der Waals surface area contributed by atoms with E-state index >= 15 is 0 Å². The Labute approximate surface area is 148 Å². The summed E-state index contributed by atoms with van der Waals surface area (Å²) in [5, 5.41) is 11.8. The molecule has 0 aromatic heterocycles. The first-order valence-electron chi connectivity index (χ1n) is 8.16.